The van der Waals surface area contributed by atoms with E-state index < -0.39 is 17.2 Å². The van der Waals surface area contributed by atoms with E-state index in [1.807, 2.05) is 24.3 Å². The molecule has 1 aliphatic heterocycles. The van der Waals surface area contributed by atoms with E-state index in [0.29, 0.717) is 17.7 Å². The van der Waals surface area contributed by atoms with Crippen LogP contribution >= 0.6 is 22.6 Å². The Morgan fingerprint density at radius 1 is 1.15 bits per heavy atom. The van der Waals surface area contributed by atoms with E-state index in [1.165, 1.54) is 12.1 Å². The lowest BCUT2D eigenvalue weighted by Crippen LogP contribution is -2.13. The van der Waals surface area contributed by atoms with Gasteiger partial charge in [-0.2, -0.15) is 0 Å². The molecular weight excluding hydrogens is 373 g/mol. The zero-order valence-electron chi connectivity index (χ0n) is 10.5. The average molecular weight is 384 g/mol. The molecule has 0 aliphatic carbocycles. The fourth-order valence-corrected chi connectivity index (χ4v) is 2.63. The summed E-state index contributed by atoms with van der Waals surface area (Å²) in [5.74, 6) is -1.20. The molecule has 1 heterocycles. The molecule has 1 aliphatic rings. The van der Waals surface area contributed by atoms with Crippen LogP contribution in [0.15, 0.2) is 49.0 Å². The van der Waals surface area contributed by atoms with Crippen molar-refractivity contribution in [3.8, 4) is 0 Å². The molecule has 0 saturated carbocycles. The number of hydrogen-bond donors (Lipinski definition) is 0. The van der Waals surface area contributed by atoms with Crippen LogP contribution in [0.2, 0.25) is 0 Å². The van der Waals surface area contributed by atoms with E-state index in [-0.39, 0.29) is 0 Å². The summed E-state index contributed by atoms with van der Waals surface area (Å²) in [7, 11) is 0. The smallest absolute Gasteiger partial charge is 0.144 e. The second-order valence-corrected chi connectivity index (χ2v) is 5.97. The van der Waals surface area contributed by atoms with E-state index in [1.54, 1.807) is 0 Å². The molecule has 0 radical (unpaired) electrons. The van der Waals surface area contributed by atoms with Crippen molar-refractivity contribution in [2.75, 3.05) is 6.61 Å². The van der Waals surface area contributed by atoms with Crippen molar-refractivity contribution in [1.29, 1.82) is 0 Å². The number of halogens is 3. The van der Waals surface area contributed by atoms with Gasteiger partial charge < -0.3 is 4.74 Å². The summed E-state index contributed by atoms with van der Waals surface area (Å²) in [5, 5.41) is 0. The van der Waals surface area contributed by atoms with Crippen molar-refractivity contribution in [1.82, 2.24) is 0 Å². The highest BCUT2D eigenvalue weighted by atomic mass is 127. The first kappa shape index (κ1) is 13.7. The molecule has 1 atom stereocenters. The van der Waals surface area contributed by atoms with Crippen LogP contribution in [0.3, 0.4) is 0 Å². The van der Waals surface area contributed by atoms with Crippen LogP contribution in [0.25, 0.3) is 5.57 Å². The lowest BCUT2D eigenvalue weighted by Gasteiger charge is -2.17. The summed E-state index contributed by atoms with van der Waals surface area (Å²) < 4.78 is 33.6. The summed E-state index contributed by atoms with van der Waals surface area (Å²) in [6.07, 6.45) is 0. The molecule has 1 nitrogen and oxygen atoms in total. The minimum Gasteiger partial charge on any atom is -0.359 e. The summed E-state index contributed by atoms with van der Waals surface area (Å²) in [5.41, 5.74) is 1.07. The molecule has 3 rings (SSSR count). The van der Waals surface area contributed by atoms with Crippen LogP contribution in [0, 0.1) is 15.2 Å². The predicted molar refractivity (Wildman–Crippen MR) is 82.2 cm³/mol. The van der Waals surface area contributed by atoms with Crippen LogP contribution in [0.5, 0.6) is 0 Å². The van der Waals surface area contributed by atoms with E-state index in [9.17, 15) is 8.78 Å². The molecule has 1 saturated heterocycles. The lowest BCUT2D eigenvalue weighted by molar-refractivity contribution is 0.357. The molecular formula is C16H11F2IO. The van der Waals surface area contributed by atoms with E-state index >= 15 is 0 Å². The molecule has 1 fully saturated rings. The van der Waals surface area contributed by atoms with Crippen molar-refractivity contribution in [2.45, 2.75) is 5.60 Å². The first-order chi connectivity index (χ1) is 9.53. The maximum Gasteiger partial charge on any atom is 0.144 e. The molecule has 0 aromatic heterocycles. The highest BCUT2D eigenvalue weighted by Crippen LogP contribution is 2.49. The van der Waals surface area contributed by atoms with Gasteiger partial charge in [-0.25, -0.2) is 8.78 Å². The van der Waals surface area contributed by atoms with Crippen LogP contribution < -0.4 is 0 Å². The van der Waals surface area contributed by atoms with Gasteiger partial charge in [0.05, 0.1) is 6.61 Å². The van der Waals surface area contributed by atoms with Gasteiger partial charge in [0.2, 0.25) is 0 Å². The predicted octanol–water partition coefficient (Wildman–Crippen LogP) is 4.51. The lowest BCUT2D eigenvalue weighted by atomic mass is 9.88. The Kier molecular flexibility index (Phi) is 3.38. The van der Waals surface area contributed by atoms with Gasteiger partial charge in [0.25, 0.3) is 0 Å². The van der Waals surface area contributed by atoms with Crippen molar-refractivity contribution >= 4 is 28.2 Å². The van der Waals surface area contributed by atoms with E-state index in [0.717, 1.165) is 15.2 Å². The molecule has 0 amide bonds. The number of benzene rings is 2. The Bertz CT molecular complexity index is 675. The normalized spacial score (nSPS) is 20.8. The molecule has 0 bridgehead atoms. The second-order valence-electron chi connectivity index (χ2n) is 4.73. The van der Waals surface area contributed by atoms with Crippen LogP contribution in [0.4, 0.5) is 8.78 Å². The summed E-state index contributed by atoms with van der Waals surface area (Å²) in [6.45, 7) is 4.40. The summed E-state index contributed by atoms with van der Waals surface area (Å²) in [6, 6.07) is 11.3. The minimum absolute atomic E-state index is 0.336. The van der Waals surface area contributed by atoms with Crippen LogP contribution in [-0.2, 0) is 10.3 Å². The molecule has 4 heteroatoms. The van der Waals surface area contributed by atoms with E-state index in [4.69, 9.17) is 4.74 Å². The molecule has 102 valence electrons. The number of rotatable bonds is 3. The second kappa shape index (κ2) is 4.93. The van der Waals surface area contributed by atoms with Crippen LogP contribution in [0.1, 0.15) is 11.1 Å². The van der Waals surface area contributed by atoms with Crippen LogP contribution in [-0.4, -0.2) is 6.61 Å². The van der Waals surface area contributed by atoms with Crippen molar-refractivity contribution in [2.24, 2.45) is 0 Å². The number of epoxide rings is 1. The zero-order valence-corrected chi connectivity index (χ0v) is 12.7. The third kappa shape index (κ3) is 2.27. The quantitative estimate of drug-likeness (QED) is 0.561. The number of hydrogen-bond acceptors (Lipinski definition) is 1. The average Bonchev–Trinajstić information content (AvgIpc) is 3.20. The van der Waals surface area contributed by atoms with Gasteiger partial charge >= 0.3 is 0 Å². The first-order valence-corrected chi connectivity index (χ1v) is 7.16. The molecule has 0 spiro atoms. The van der Waals surface area contributed by atoms with Gasteiger partial charge in [-0.05, 0) is 58.0 Å². The Morgan fingerprint density at radius 2 is 1.80 bits per heavy atom. The standard InChI is InChI=1S/C16H11F2IO/c1-10(11-2-5-13(19)6-3-11)16(9-20-16)14-7-4-12(17)8-15(14)18/h2-8H,1,9H2/t16-/m1/s1. The highest BCUT2D eigenvalue weighted by molar-refractivity contribution is 14.1. The molecule has 2 aromatic rings. The third-order valence-electron chi connectivity index (χ3n) is 3.48. The van der Waals surface area contributed by atoms with Gasteiger partial charge in [-0.15, -0.1) is 0 Å². The SMILES string of the molecule is C=C(c1ccc(I)cc1)[C@@]1(c2ccc(F)cc2F)CO1. The summed E-state index contributed by atoms with van der Waals surface area (Å²) >= 11 is 2.21. The first-order valence-electron chi connectivity index (χ1n) is 6.08. The van der Waals surface area contributed by atoms with E-state index in [2.05, 4.69) is 29.2 Å². The Morgan fingerprint density at radius 3 is 2.35 bits per heavy atom. The molecule has 0 unspecified atom stereocenters. The largest absolute Gasteiger partial charge is 0.359 e. The highest BCUT2D eigenvalue weighted by Gasteiger charge is 2.51. The Labute approximate surface area is 129 Å². The molecule has 2 aromatic carbocycles. The molecule has 20 heavy (non-hydrogen) atoms. The number of ether oxygens (including phenoxy) is 1. The van der Waals surface area contributed by atoms with Crippen molar-refractivity contribution in [3.63, 3.8) is 0 Å². The third-order valence-corrected chi connectivity index (χ3v) is 4.20. The maximum atomic E-state index is 14.0. The van der Waals surface area contributed by atoms with Gasteiger partial charge in [-0.3, -0.25) is 0 Å². The van der Waals surface area contributed by atoms with Gasteiger partial charge in [0.15, 0.2) is 0 Å². The fraction of sp³-hybridized carbons (Fsp3) is 0.125. The van der Waals surface area contributed by atoms with Gasteiger partial charge in [-0.1, -0.05) is 18.7 Å². The maximum absolute atomic E-state index is 14.0. The minimum atomic E-state index is -0.857. The van der Waals surface area contributed by atoms with Crippen molar-refractivity contribution < 1.29 is 13.5 Å². The summed E-state index contributed by atoms with van der Waals surface area (Å²) in [4.78, 5) is 0. The monoisotopic (exact) mass is 384 g/mol. The fourth-order valence-electron chi connectivity index (χ4n) is 2.27. The van der Waals surface area contributed by atoms with Crippen molar-refractivity contribution in [3.05, 3.63) is 75.4 Å². The molecule has 0 N–H and O–H groups in total. The van der Waals surface area contributed by atoms with Gasteiger partial charge in [0, 0.05) is 15.2 Å². The Hall–Kier alpha value is -1.27. The zero-order chi connectivity index (χ0) is 14.3. The Balaban J connectivity index is 2.00. The topological polar surface area (TPSA) is 12.5 Å². The van der Waals surface area contributed by atoms with Gasteiger partial charge in [0.1, 0.15) is 17.2 Å².